The molecule has 12 nitrogen and oxygen atoms in total. The van der Waals surface area contributed by atoms with Crippen molar-refractivity contribution in [2.24, 2.45) is 5.73 Å². The third-order valence-electron chi connectivity index (χ3n) is 3.66. The van der Waals surface area contributed by atoms with Gasteiger partial charge < -0.3 is 35.7 Å². The van der Waals surface area contributed by atoms with Gasteiger partial charge in [0.1, 0.15) is 11.6 Å². The van der Waals surface area contributed by atoms with Crippen LogP contribution in [0.4, 0.5) is 4.79 Å². The lowest BCUT2D eigenvalue weighted by molar-refractivity contribution is -0.727. The first-order valence-corrected chi connectivity index (χ1v) is 9.13. The summed E-state index contributed by atoms with van der Waals surface area (Å²) in [5.74, 6) is -1.86. The number of hydrogen-bond acceptors (Lipinski definition) is 8. The van der Waals surface area contributed by atoms with E-state index in [1.807, 2.05) is 0 Å². The monoisotopic (exact) mass is 427 g/mol. The van der Waals surface area contributed by atoms with Crippen LogP contribution in [0.5, 0.6) is 0 Å². The first kappa shape index (κ1) is 24.8. The van der Waals surface area contributed by atoms with Gasteiger partial charge in [0.25, 0.3) is 12.6 Å². The molecule has 12 heteroatoms. The second-order valence-electron chi connectivity index (χ2n) is 5.92. The maximum Gasteiger partial charge on any atom is 0.412 e. The maximum absolute atomic E-state index is 12.1. The van der Waals surface area contributed by atoms with Gasteiger partial charge >= 0.3 is 12.1 Å². The molecule has 3 amide bonds. The third-order valence-corrected chi connectivity index (χ3v) is 3.66. The van der Waals surface area contributed by atoms with Crippen molar-refractivity contribution in [1.29, 1.82) is 0 Å². The minimum Gasteiger partial charge on any atom is -0.464 e. The Labute approximate surface area is 173 Å². The minimum absolute atomic E-state index is 0.0393. The summed E-state index contributed by atoms with van der Waals surface area (Å²) in [5, 5.41) is 12.0. The largest absolute Gasteiger partial charge is 0.464 e. The van der Waals surface area contributed by atoms with E-state index in [0.29, 0.717) is 31.7 Å². The van der Waals surface area contributed by atoms with E-state index in [1.54, 1.807) is 18.3 Å². The van der Waals surface area contributed by atoms with Gasteiger partial charge in [-0.3, -0.25) is 9.59 Å². The van der Waals surface area contributed by atoms with Crippen molar-refractivity contribution in [3.8, 4) is 0 Å². The lowest BCUT2D eigenvalue weighted by atomic mass is 10.2. The first-order valence-electron chi connectivity index (χ1n) is 9.13. The third kappa shape index (κ3) is 9.30. The molecule has 0 radical (unpaired) electrons. The van der Waals surface area contributed by atoms with Gasteiger partial charge in [0.05, 0.1) is 19.6 Å². The van der Waals surface area contributed by atoms with Crippen LogP contribution in [0.3, 0.4) is 0 Å². The van der Waals surface area contributed by atoms with E-state index >= 15 is 0 Å². The Hall–Kier alpha value is -3.25. The van der Waals surface area contributed by atoms with Crippen molar-refractivity contribution in [1.82, 2.24) is 10.6 Å². The molecule has 1 aromatic heterocycles. The average Bonchev–Trinajstić information content (AvgIpc) is 2.74. The fraction of sp³-hybridized carbons (Fsp3) is 0.500. The molecule has 0 spiro atoms. The maximum atomic E-state index is 12.1. The number of hydrogen-bond donors (Lipinski definition) is 4. The van der Waals surface area contributed by atoms with Crippen LogP contribution in [0.1, 0.15) is 23.2 Å². The van der Waals surface area contributed by atoms with E-state index in [2.05, 4.69) is 10.6 Å². The number of carbonyl (C=O) groups excluding carboxylic acids is 4. The number of amides is 3. The smallest absolute Gasteiger partial charge is 0.412 e. The molecule has 2 heterocycles. The molecule has 1 aliphatic heterocycles. The number of rotatable bonds is 2. The number of nitrogens with one attached hydrogen (secondary N) is 2. The Morgan fingerprint density at radius 2 is 2.00 bits per heavy atom. The highest BCUT2D eigenvalue weighted by atomic mass is 16.6. The topological polar surface area (TPSA) is 170 Å². The van der Waals surface area contributed by atoms with Gasteiger partial charge in [0.15, 0.2) is 12.4 Å². The van der Waals surface area contributed by atoms with Crippen molar-refractivity contribution in [3.63, 3.8) is 0 Å². The SMILES string of the molecule is CO.NC(=O)C[C@@H]1NC(=O)OC[n+]2cccc(c2)C(=O)NCCOCCCOC1=O. The van der Waals surface area contributed by atoms with Gasteiger partial charge in [0, 0.05) is 32.7 Å². The molecule has 0 aromatic carbocycles. The fourth-order valence-electron chi connectivity index (χ4n) is 2.32. The van der Waals surface area contributed by atoms with Crippen molar-refractivity contribution in [2.45, 2.75) is 25.6 Å². The number of aromatic nitrogens is 1. The Balaban J connectivity index is 0.00000218. The number of aliphatic hydroxyl groups excluding tert-OH is 1. The molecule has 2 bridgehead atoms. The molecule has 0 saturated heterocycles. The fourth-order valence-corrected chi connectivity index (χ4v) is 2.32. The first-order chi connectivity index (χ1) is 14.5. The van der Waals surface area contributed by atoms with Gasteiger partial charge in [0.2, 0.25) is 5.91 Å². The average molecular weight is 427 g/mol. The number of aliphatic hydroxyl groups is 1. The Morgan fingerprint density at radius 3 is 2.73 bits per heavy atom. The van der Waals surface area contributed by atoms with E-state index in [0.717, 1.165) is 7.11 Å². The molecule has 1 aromatic rings. The van der Waals surface area contributed by atoms with Crippen LogP contribution < -0.4 is 20.9 Å². The molecule has 1 atom stereocenters. The highest BCUT2D eigenvalue weighted by Gasteiger charge is 2.25. The molecule has 0 saturated carbocycles. The zero-order valence-electron chi connectivity index (χ0n) is 16.7. The number of cyclic esters (lactones) is 2. The van der Waals surface area contributed by atoms with Gasteiger partial charge in [-0.05, 0) is 6.07 Å². The summed E-state index contributed by atoms with van der Waals surface area (Å²) in [6.07, 6.45) is 2.15. The van der Waals surface area contributed by atoms with Crippen LogP contribution in [0, 0.1) is 0 Å². The zero-order chi connectivity index (χ0) is 22.4. The molecule has 0 unspecified atom stereocenters. The quantitative estimate of drug-likeness (QED) is 0.316. The second kappa shape index (κ2) is 13.8. The normalized spacial score (nSPS) is 18.7. The number of esters is 1. The molecule has 2 rings (SSSR count). The summed E-state index contributed by atoms with van der Waals surface area (Å²) in [6, 6.07) is 1.98. The molecule has 5 N–H and O–H groups in total. The number of ether oxygens (including phenoxy) is 3. The highest BCUT2D eigenvalue weighted by molar-refractivity contribution is 5.93. The number of primary amides is 1. The highest BCUT2D eigenvalue weighted by Crippen LogP contribution is 1.99. The predicted octanol–water partition coefficient (Wildman–Crippen LogP) is -1.80. The molecule has 30 heavy (non-hydrogen) atoms. The number of nitrogens with two attached hydrogens (primary N) is 1. The van der Waals surface area contributed by atoms with Crippen LogP contribution in [0.15, 0.2) is 24.5 Å². The summed E-state index contributed by atoms with van der Waals surface area (Å²) in [6.45, 7) is 0.750. The minimum atomic E-state index is -1.26. The summed E-state index contributed by atoms with van der Waals surface area (Å²) >= 11 is 0. The van der Waals surface area contributed by atoms with Gasteiger partial charge in [-0.1, -0.05) is 0 Å². The Morgan fingerprint density at radius 1 is 1.23 bits per heavy atom. The van der Waals surface area contributed by atoms with Crippen LogP contribution in [-0.2, 0) is 30.5 Å². The van der Waals surface area contributed by atoms with E-state index in [4.69, 9.17) is 25.1 Å². The summed E-state index contributed by atoms with van der Waals surface area (Å²) < 4.78 is 16.9. The number of carbonyl (C=O) groups is 4. The van der Waals surface area contributed by atoms with E-state index in [-0.39, 0.29) is 19.2 Å². The Bertz CT molecular complexity index is 728. The van der Waals surface area contributed by atoms with Crippen molar-refractivity contribution < 1.29 is 43.1 Å². The van der Waals surface area contributed by atoms with E-state index in [1.165, 1.54) is 10.8 Å². The summed E-state index contributed by atoms with van der Waals surface area (Å²) in [5.41, 5.74) is 5.49. The van der Waals surface area contributed by atoms with Crippen LogP contribution >= 0.6 is 0 Å². The molecular weight excluding hydrogens is 400 g/mol. The molecule has 0 aliphatic carbocycles. The number of fused-ring (bicyclic) bond motifs is 2. The molecule has 166 valence electrons. The lowest BCUT2D eigenvalue weighted by Crippen LogP contribution is -2.46. The van der Waals surface area contributed by atoms with Crippen molar-refractivity contribution >= 4 is 23.9 Å². The van der Waals surface area contributed by atoms with Crippen LogP contribution in [0.25, 0.3) is 0 Å². The van der Waals surface area contributed by atoms with Crippen LogP contribution in [-0.4, -0.2) is 68.5 Å². The second-order valence-corrected chi connectivity index (χ2v) is 5.92. The summed E-state index contributed by atoms with van der Waals surface area (Å²) in [4.78, 5) is 47.3. The predicted molar refractivity (Wildman–Crippen MR) is 101 cm³/mol. The van der Waals surface area contributed by atoms with E-state index in [9.17, 15) is 19.2 Å². The zero-order valence-corrected chi connectivity index (χ0v) is 16.7. The molecule has 1 aliphatic rings. The number of nitrogens with zero attached hydrogens (tertiary/aromatic N) is 1. The number of alkyl carbamates (subject to hydrolysis) is 1. The lowest BCUT2D eigenvalue weighted by Gasteiger charge is -2.16. The number of pyridine rings is 1. The summed E-state index contributed by atoms with van der Waals surface area (Å²) in [7, 11) is 1.00. The molecule has 0 fully saturated rings. The standard InChI is InChI=1S/C17H22N4O7.CH4O/c18-14(22)9-13-16(24)27-7-2-6-26-8-4-19-15(23)12-3-1-5-21(10-12)11-28-17(25)20-13;1-2/h1,3,5,10,13H,2,4,6-9,11H2,(H3-,18,19,20,22,23,25);2H,1H3/p+1/t13-;/m0./s1. The van der Waals surface area contributed by atoms with E-state index < -0.39 is 30.4 Å². The van der Waals surface area contributed by atoms with Gasteiger partial charge in [-0.15, -0.1) is 0 Å². The van der Waals surface area contributed by atoms with Crippen LogP contribution in [0.2, 0.25) is 0 Å². The van der Waals surface area contributed by atoms with Crippen molar-refractivity contribution in [2.75, 3.05) is 33.5 Å². The van der Waals surface area contributed by atoms with Crippen molar-refractivity contribution in [3.05, 3.63) is 30.1 Å². The van der Waals surface area contributed by atoms with Gasteiger partial charge in [-0.25, -0.2) is 9.59 Å². The Kier molecular flexibility index (Phi) is 11.4. The van der Waals surface area contributed by atoms with Gasteiger partial charge in [-0.2, -0.15) is 4.57 Å². The molecular formula is C18H27N4O8+.